The van der Waals surface area contributed by atoms with Gasteiger partial charge in [-0.2, -0.15) is 0 Å². The number of hydrogen-bond donors (Lipinski definition) is 0. The predicted octanol–water partition coefficient (Wildman–Crippen LogP) is 1.07. The van der Waals surface area contributed by atoms with Gasteiger partial charge < -0.3 is 19.1 Å². The molecule has 2 atom stereocenters. The Kier molecular flexibility index (Phi) is 5.11. The minimum Gasteiger partial charge on any atom is -0.459 e. The number of piperidine rings is 1. The fourth-order valence-corrected chi connectivity index (χ4v) is 3.77. The van der Waals surface area contributed by atoms with E-state index in [1.807, 2.05) is 0 Å². The first-order chi connectivity index (χ1) is 12.0. The molecule has 2 unspecified atom stereocenters. The van der Waals surface area contributed by atoms with Gasteiger partial charge in [-0.3, -0.25) is 14.4 Å². The molecule has 1 aromatic rings. The molecule has 0 bridgehead atoms. The molecule has 25 heavy (non-hydrogen) atoms. The van der Waals surface area contributed by atoms with Crippen LogP contribution in [0.15, 0.2) is 22.8 Å². The molecule has 0 aromatic carbocycles. The topological polar surface area (TPSA) is 74.1 Å². The van der Waals surface area contributed by atoms with E-state index in [1.54, 1.807) is 26.8 Å². The van der Waals surface area contributed by atoms with Gasteiger partial charge in [0.1, 0.15) is 0 Å². The van der Waals surface area contributed by atoms with E-state index in [9.17, 15) is 14.4 Å². The van der Waals surface area contributed by atoms with Crippen molar-refractivity contribution in [2.24, 2.45) is 11.8 Å². The number of hydrogen-bond acceptors (Lipinski definition) is 4. The molecule has 0 saturated carbocycles. The summed E-state index contributed by atoms with van der Waals surface area (Å²) in [6.07, 6.45) is 2.55. The van der Waals surface area contributed by atoms with E-state index in [2.05, 4.69) is 13.8 Å². The van der Waals surface area contributed by atoms with E-state index in [-0.39, 0.29) is 5.91 Å². The van der Waals surface area contributed by atoms with Crippen LogP contribution in [0.25, 0.3) is 0 Å². The number of piperazine rings is 1. The molecule has 7 nitrogen and oxygen atoms in total. The standard InChI is InChI=1S/C18H25N3O4/c1-13-10-14(2)12-21(11-13)18(24)17(23)20-7-5-19(6-8-20)16(22)15-4-3-9-25-15/h3-4,9,13-14H,5-8,10-12H2,1-2H3. The van der Waals surface area contributed by atoms with Crippen molar-refractivity contribution in [1.29, 1.82) is 0 Å². The number of likely N-dealkylation sites (tertiary alicyclic amines) is 1. The minimum atomic E-state index is -0.452. The van der Waals surface area contributed by atoms with Gasteiger partial charge in [-0.15, -0.1) is 0 Å². The number of rotatable bonds is 1. The highest BCUT2D eigenvalue weighted by Crippen LogP contribution is 2.21. The van der Waals surface area contributed by atoms with Crippen molar-refractivity contribution in [3.05, 3.63) is 24.2 Å². The van der Waals surface area contributed by atoms with Crippen molar-refractivity contribution in [3.63, 3.8) is 0 Å². The quantitative estimate of drug-likeness (QED) is 0.712. The highest BCUT2D eigenvalue weighted by atomic mass is 16.3. The third-order valence-corrected chi connectivity index (χ3v) is 4.93. The molecule has 1 aromatic heterocycles. The van der Waals surface area contributed by atoms with E-state index in [0.717, 1.165) is 6.42 Å². The van der Waals surface area contributed by atoms with Crippen molar-refractivity contribution >= 4 is 17.7 Å². The van der Waals surface area contributed by atoms with Gasteiger partial charge in [-0.05, 0) is 30.4 Å². The van der Waals surface area contributed by atoms with Crippen LogP contribution in [-0.2, 0) is 9.59 Å². The number of carbonyl (C=O) groups excluding carboxylic acids is 3. The maximum absolute atomic E-state index is 12.5. The Morgan fingerprint density at radius 1 is 0.920 bits per heavy atom. The summed E-state index contributed by atoms with van der Waals surface area (Å²) in [7, 11) is 0. The monoisotopic (exact) mass is 347 g/mol. The fourth-order valence-electron chi connectivity index (χ4n) is 3.77. The van der Waals surface area contributed by atoms with Crippen molar-refractivity contribution in [1.82, 2.24) is 14.7 Å². The van der Waals surface area contributed by atoms with E-state index in [4.69, 9.17) is 4.42 Å². The van der Waals surface area contributed by atoms with Gasteiger partial charge in [0, 0.05) is 39.3 Å². The van der Waals surface area contributed by atoms with Gasteiger partial charge in [0.05, 0.1) is 6.26 Å². The van der Waals surface area contributed by atoms with Crippen LogP contribution in [0.2, 0.25) is 0 Å². The fraction of sp³-hybridized carbons (Fsp3) is 0.611. The van der Waals surface area contributed by atoms with Crippen molar-refractivity contribution < 1.29 is 18.8 Å². The Bertz CT molecular complexity index is 625. The lowest BCUT2D eigenvalue weighted by Gasteiger charge is -2.37. The van der Waals surface area contributed by atoms with Crippen LogP contribution in [0.4, 0.5) is 0 Å². The predicted molar refractivity (Wildman–Crippen MR) is 90.7 cm³/mol. The summed E-state index contributed by atoms with van der Waals surface area (Å²) < 4.78 is 5.13. The lowest BCUT2D eigenvalue weighted by Crippen LogP contribution is -2.55. The van der Waals surface area contributed by atoms with Gasteiger partial charge in [0.2, 0.25) is 0 Å². The molecule has 2 saturated heterocycles. The van der Waals surface area contributed by atoms with Gasteiger partial charge >= 0.3 is 11.8 Å². The summed E-state index contributed by atoms with van der Waals surface area (Å²) in [5.74, 6) is 0.0939. The zero-order valence-electron chi connectivity index (χ0n) is 14.8. The van der Waals surface area contributed by atoms with Crippen LogP contribution < -0.4 is 0 Å². The first-order valence-electron chi connectivity index (χ1n) is 8.86. The van der Waals surface area contributed by atoms with Crippen LogP contribution in [0.5, 0.6) is 0 Å². The van der Waals surface area contributed by atoms with Crippen LogP contribution in [0.1, 0.15) is 30.8 Å². The maximum atomic E-state index is 12.5. The summed E-state index contributed by atoms with van der Waals surface area (Å²) in [5, 5.41) is 0. The molecule has 0 spiro atoms. The highest BCUT2D eigenvalue weighted by molar-refractivity contribution is 6.35. The Morgan fingerprint density at radius 2 is 1.48 bits per heavy atom. The molecule has 3 heterocycles. The molecule has 0 radical (unpaired) electrons. The molecule has 0 aliphatic carbocycles. The number of nitrogens with zero attached hydrogens (tertiary/aromatic N) is 3. The van der Waals surface area contributed by atoms with Gasteiger partial charge in [0.25, 0.3) is 5.91 Å². The molecule has 3 rings (SSSR count). The lowest BCUT2D eigenvalue weighted by molar-refractivity contribution is -0.154. The summed E-state index contributed by atoms with van der Waals surface area (Å²) in [4.78, 5) is 42.2. The summed E-state index contributed by atoms with van der Waals surface area (Å²) in [5.41, 5.74) is 0. The van der Waals surface area contributed by atoms with E-state index in [0.29, 0.717) is 56.9 Å². The zero-order valence-corrected chi connectivity index (χ0v) is 14.8. The smallest absolute Gasteiger partial charge is 0.312 e. The van der Waals surface area contributed by atoms with Gasteiger partial charge in [0.15, 0.2) is 5.76 Å². The SMILES string of the molecule is CC1CC(C)CN(C(=O)C(=O)N2CCN(C(=O)c3ccco3)CC2)C1. The molecule has 2 fully saturated rings. The molecular weight excluding hydrogens is 322 g/mol. The largest absolute Gasteiger partial charge is 0.459 e. The first-order valence-corrected chi connectivity index (χ1v) is 8.86. The third kappa shape index (κ3) is 3.86. The Hall–Kier alpha value is -2.31. The molecule has 3 amide bonds. The van der Waals surface area contributed by atoms with Gasteiger partial charge in [-0.25, -0.2) is 0 Å². The second kappa shape index (κ2) is 7.29. The molecular formula is C18H25N3O4. The van der Waals surface area contributed by atoms with Gasteiger partial charge in [-0.1, -0.05) is 13.8 Å². The Balaban J connectivity index is 1.54. The van der Waals surface area contributed by atoms with E-state index < -0.39 is 11.8 Å². The van der Waals surface area contributed by atoms with Crippen molar-refractivity contribution in [2.45, 2.75) is 20.3 Å². The Morgan fingerprint density at radius 3 is 2.04 bits per heavy atom. The molecule has 2 aliphatic rings. The molecule has 7 heteroatoms. The second-order valence-corrected chi connectivity index (χ2v) is 7.22. The summed E-state index contributed by atoms with van der Waals surface area (Å²) in [6, 6.07) is 3.30. The van der Waals surface area contributed by atoms with Crippen LogP contribution >= 0.6 is 0 Å². The normalized spacial score (nSPS) is 24.3. The van der Waals surface area contributed by atoms with Crippen LogP contribution in [-0.4, -0.2) is 71.7 Å². The number of amides is 3. The third-order valence-electron chi connectivity index (χ3n) is 4.93. The number of furan rings is 1. The average Bonchev–Trinajstić information content (AvgIpc) is 3.14. The van der Waals surface area contributed by atoms with E-state index >= 15 is 0 Å². The average molecular weight is 347 g/mol. The number of carbonyl (C=O) groups is 3. The molecule has 0 N–H and O–H groups in total. The van der Waals surface area contributed by atoms with Crippen molar-refractivity contribution in [3.8, 4) is 0 Å². The minimum absolute atomic E-state index is 0.179. The maximum Gasteiger partial charge on any atom is 0.312 e. The second-order valence-electron chi connectivity index (χ2n) is 7.22. The highest BCUT2D eigenvalue weighted by Gasteiger charge is 2.34. The Labute approximate surface area is 147 Å². The van der Waals surface area contributed by atoms with Crippen molar-refractivity contribution in [2.75, 3.05) is 39.3 Å². The molecule has 2 aliphatic heterocycles. The molecule has 136 valence electrons. The van der Waals surface area contributed by atoms with Crippen LogP contribution in [0, 0.1) is 11.8 Å². The zero-order chi connectivity index (χ0) is 18.0. The lowest BCUT2D eigenvalue weighted by atomic mass is 9.92. The summed E-state index contributed by atoms with van der Waals surface area (Å²) >= 11 is 0. The first kappa shape index (κ1) is 17.5. The summed E-state index contributed by atoms with van der Waals surface area (Å²) in [6.45, 7) is 7.07. The van der Waals surface area contributed by atoms with Crippen LogP contribution in [0.3, 0.4) is 0 Å². The van der Waals surface area contributed by atoms with E-state index in [1.165, 1.54) is 6.26 Å².